The number of amides is 2. The molecule has 4 N–H and O–H groups in total. The minimum atomic E-state index is -0.851. The van der Waals surface area contributed by atoms with Crippen molar-refractivity contribution in [1.29, 1.82) is 0 Å². The molecular weight excluding hydrogens is 188 g/mol. The van der Waals surface area contributed by atoms with Crippen LogP contribution >= 0.6 is 0 Å². The molecule has 0 aromatic carbocycles. The van der Waals surface area contributed by atoms with E-state index in [0.29, 0.717) is 0 Å². The van der Waals surface area contributed by atoms with Gasteiger partial charge in [-0.1, -0.05) is 6.92 Å². The van der Waals surface area contributed by atoms with Crippen molar-refractivity contribution in [1.82, 2.24) is 0 Å². The monoisotopic (exact) mass is 204 g/mol. The van der Waals surface area contributed by atoms with Crippen molar-refractivity contribution in [2.75, 3.05) is 0 Å². The molecular formula is C8H16N2O4. The summed E-state index contributed by atoms with van der Waals surface area (Å²) in [5.74, 6) is -0.171. The van der Waals surface area contributed by atoms with E-state index >= 15 is 0 Å². The molecule has 2 atom stereocenters. The molecule has 6 nitrogen and oxygen atoms in total. The van der Waals surface area contributed by atoms with Crippen molar-refractivity contribution in [3.63, 3.8) is 0 Å². The van der Waals surface area contributed by atoms with Crippen LogP contribution in [-0.2, 0) is 9.47 Å². The second-order valence-electron chi connectivity index (χ2n) is 3.14. The van der Waals surface area contributed by atoms with Crippen LogP contribution in [0.4, 0.5) is 9.59 Å². The summed E-state index contributed by atoms with van der Waals surface area (Å²) in [4.78, 5) is 20.9. The highest BCUT2D eigenvalue weighted by Crippen LogP contribution is 2.14. The third-order valence-electron chi connectivity index (χ3n) is 2.08. The Morgan fingerprint density at radius 1 is 0.929 bits per heavy atom. The van der Waals surface area contributed by atoms with Crippen molar-refractivity contribution in [2.24, 2.45) is 17.4 Å². The first-order valence-corrected chi connectivity index (χ1v) is 4.26. The molecule has 0 saturated heterocycles. The highest BCUT2D eigenvalue weighted by molar-refractivity contribution is 5.65. The highest BCUT2D eigenvalue weighted by Gasteiger charge is 2.23. The first-order valence-electron chi connectivity index (χ1n) is 4.26. The molecule has 0 spiro atoms. The Morgan fingerprint density at radius 2 is 1.21 bits per heavy atom. The van der Waals surface area contributed by atoms with Gasteiger partial charge < -0.3 is 20.9 Å². The van der Waals surface area contributed by atoms with Gasteiger partial charge in [-0.3, -0.25) is 0 Å². The fraction of sp³-hybridized carbons (Fsp3) is 0.750. The van der Waals surface area contributed by atoms with Crippen LogP contribution in [0.15, 0.2) is 0 Å². The largest absolute Gasteiger partial charge is 0.446 e. The fourth-order valence-electron chi connectivity index (χ4n) is 0.963. The number of ether oxygens (including phenoxy) is 2. The standard InChI is InChI=1S/C8H16N2O4/c1-4(5(2)13-7(9)11)6(3)14-8(10)12/h4-6H,1-3H3,(H2,9,11)(H2,10,12)/t5-,6-/m1/s1. The van der Waals surface area contributed by atoms with Crippen molar-refractivity contribution in [2.45, 2.75) is 33.0 Å². The van der Waals surface area contributed by atoms with Crippen LogP contribution in [0.25, 0.3) is 0 Å². The van der Waals surface area contributed by atoms with Gasteiger partial charge in [0.1, 0.15) is 12.2 Å². The molecule has 0 aromatic heterocycles. The number of nitrogens with two attached hydrogens (primary N) is 2. The highest BCUT2D eigenvalue weighted by atomic mass is 16.6. The third-order valence-corrected chi connectivity index (χ3v) is 2.08. The smallest absolute Gasteiger partial charge is 0.404 e. The summed E-state index contributed by atoms with van der Waals surface area (Å²) in [5, 5.41) is 0. The minimum Gasteiger partial charge on any atom is -0.446 e. The maximum absolute atomic E-state index is 10.4. The second-order valence-corrected chi connectivity index (χ2v) is 3.14. The normalized spacial score (nSPS) is 14.6. The molecule has 0 heterocycles. The molecule has 14 heavy (non-hydrogen) atoms. The average molecular weight is 204 g/mol. The van der Waals surface area contributed by atoms with Crippen LogP contribution in [-0.4, -0.2) is 24.4 Å². The molecule has 0 fully saturated rings. The molecule has 82 valence electrons. The lowest BCUT2D eigenvalue weighted by Crippen LogP contribution is -2.35. The zero-order valence-electron chi connectivity index (χ0n) is 8.52. The number of carbonyl (C=O) groups excluding carboxylic acids is 2. The van der Waals surface area contributed by atoms with Gasteiger partial charge in [0.25, 0.3) is 0 Å². The van der Waals surface area contributed by atoms with Crippen LogP contribution in [0.1, 0.15) is 20.8 Å². The summed E-state index contributed by atoms with van der Waals surface area (Å²) in [6, 6.07) is 0. The number of rotatable bonds is 4. The SMILES string of the molecule is CC([C@@H](C)OC(N)=O)[C@@H](C)OC(N)=O. The third kappa shape index (κ3) is 4.54. The van der Waals surface area contributed by atoms with E-state index < -0.39 is 24.4 Å². The van der Waals surface area contributed by atoms with Crippen molar-refractivity contribution in [3.8, 4) is 0 Å². The second kappa shape index (κ2) is 5.31. The zero-order valence-corrected chi connectivity index (χ0v) is 8.52. The molecule has 0 aliphatic rings. The minimum absolute atomic E-state index is 0.171. The summed E-state index contributed by atoms with van der Waals surface area (Å²) >= 11 is 0. The predicted octanol–water partition coefficient (Wildman–Crippen LogP) is 0.590. The molecule has 2 amide bonds. The van der Waals surface area contributed by atoms with Crippen molar-refractivity contribution < 1.29 is 19.1 Å². The number of hydrogen-bond acceptors (Lipinski definition) is 4. The predicted molar refractivity (Wildman–Crippen MR) is 49.4 cm³/mol. The van der Waals surface area contributed by atoms with Crippen LogP contribution in [0.2, 0.25) is 0 Å². The van der Waals surface area contributed by atoms with Crippen LogP contribution in [0.5, 0.6) is 0 Å². The Bertz CT molecular complexity index is 197. The quantitative estimate of drug-likeness (QED) is 0.699. The van der Waals surface area contributed by atoms with Gasteiger partial charge in [0.05, 0.1) is 0 Å². The van der Waals surface area contributed by atoms with Crippen LogP contribution in [0, 0.1) is 5.92 Å². The van der Waals surface area contributed by atoms with E-state index in [1.807, 2.05) is 0 Å². The Labute approximate surface area is 82.5 Å². The van der Waals surface area contributed by atoms with Gasteiger partial charge in [-0.05, 0) is 13.8 Å². The molecule has 6 heteroatoms. The molecule has 0 saturated carbocycles. The Morgan fingerprint density at radius 3 is 1.43 bits per heavy atom. The van der Waals surface area contributed by atoms with Crippen LogP contribution < -0.4 is 11.5 Å². The van der Waals surface area contributed by atoms with Crippen molar-refractivity contribution >= 4 is 12.2 Å². The summed E-state index contributed by atoms with van der Waals surface area (Å²) in [6.07, 6.45) is -2.56. The molecule has 0 aromatic rings. The first-order chi connectivity index (χ1) is 6.34. The molecule has 0 aliphatic heterocycles. The van der Waals surface area contributed by atoms with E-state index in [1.54, 1.807) is 20.8 Å². The topological polar surface area (TPSA) is 105 Å². The van der Waals surface area contributed by atoms with Gasteiger partial charge in [0.2, 0.25) is 0 Å². The molecule has 0 unspecified atom stereocenters. The van der Waals surface area contributed by atoms with Gasteiger partial charge in [0, 0.05) is 5.92 Å². The van der Waals surface area contributed by atoms with E-state index in [1.165, 1.54) is 0 Å². The molecule has 0 radical (unpaired) electrons. The molecule has 0 aliphatic carbocycles. The molecule has 0 rings (SSSR count). The van der Waals surface area contributed by atoms with Gasteiger partial charge in [-0.25, -0.2) is 9.59 Å². The first kappa shape index (κ1) is 12.5. The van der Waals surface area contributed by atoms with E-state index in [2.05, 4.69) is 0 Å². The van der Waals surface area contributed by atoms with Crippen molar-refractivity contribution in [3.05, 3.63) is 0 Å². The lowest BCUT2D eigenvalue weighted by Gasteiger charge is -2.24. The summed E-state index contributed by atoms with van der Waals surface area (Å²) < 4.78 is 9.44. The maximum atomic E-state index is 10.4. The van der Waals surface area contributed by atoms with Crippen LogP contribution in [0.3, 0.4) is 0 Å². The van der Waals surface area contributed by atoms with Gasteiger partial charge >= 0.3 is 12.2 Å². The van der Waals surface area contributed by atoms with E-state index in [9.17, 15) is 9.59 Å². The van der Waals surface area contributed by atoms with Gasteiger partial charge in [-0.2, -0.15) is 0 Å². The van der Waals surface area contributed by atoms with E-state index in [-0.39, 0.29) is 5.92 Å². The number of carbonyl (C=O) groups is 2. The van der Waals surface area contributed by atoms with Gasteiger partial charge in [-0.15, -0.1) is 0 Å². The average Bonchev–Trinajstić information content (AvgIpc) is 2.00. The Kier molecular flexibility index (Phi) is 4.76. The lowest BCUT2D eigenvalue weighted by atomic mass is 10.0. The summed E-state index contributed by atoms with van der Waals surface area (Å²) in [5.41, 5.74) is 9.68. The summed E-state index contributed by atoms with van der Waals surface area (Å²) in [7, 11) is 0. The Balaban J connectivity index is 4.09. The van der Waals surface area contributed by atoms with E-state index in [0.717, 1.165) is 0 Å². The lowest BCUT2D eigenvalue weighted by molar-refractivity contribution is 0.0178. The number of hydrogen-bond donors (Lipinski definition) is 2. The zero-order chi connectivity index (χ0) is 11.3. The fourth-order valence-corrected chi connectivity index (χ4v) is 0.963. The van der Waals surface area contributed by atoms with E-state index in [4.69, 9.17) is 20.9 Å². The van der Waals surface area contributed by atoms with Gasteiger partial charge in [0.15, 0.2) is 0 Å². The number of primary amides is 2. The maximum Gasteiger partial charge on any atom is 0.404 e. The Hall–Kier alpha value is -1.46. The summed E-state index contributed by atoms with van der Waals surface area (Å²) in [6.45, 7) is 5.09. The molecule has 0 bridgehead atoms.